The molecule has 0 amide bonds. The number of pyridine rings is 1. The van der Waals surface area contributed by atoms with Crippen LogP contribution in [0.3, 0.4) is 0 Å². The van der Waals surface area contributed by atoms with E-state index < -0.39 is 0 Å². The Balaban J connectivity index is 1.87. The number of carbonyl (C=O) groups is 1. The predicted molar refractivity (Wildman–Crippen MR) is 108 cm³/mol. The van der Waals surface area contributed by atoms with Gasteiger partial charge in [-0.05, 0) is 47.2 Å². The molecule has 1 aromatic carbocycles. The second-order valence-electron chi connectivity index (χ2n) is 8.03. The summed E-state index contributed by atoms with van der Waals surface area (Å²) in [6.45, 7) is 4.30. The van der Waals surface area contributed by atoms with E-state index in [-0.39, 0.29) is 11.2 Å². The van der Waals surface area contributed by atoms with Crippen LogP contribution >= 0.6 is 0 Å². The third-order valence-electron chi connectivity index (χ3n) is 5.20. The van der Waals surface area contributed by atoms with Crippen LogP contribution in [0.1, 0.15) is 53.0 Å². The monoisotopic (exact) mass is 354 g/mol. The van der Waals surface area contributed by atoms with Gasteiger partial charge in [-0.1, -0.05) is 31.9 Å². The Hall–Kier alpha value is -3.12. The highest BCUT2D eigenvalue weighted by molar-refractivity contribution is 6.02. The lowest BCUT2D eigenvalue weighted by atomic mass is 9.75. The molecule has 0 radical (unpaired) electrons. The summed E-state index contributed by atoms with van der Waals surface area (Å²) in [5.74, 6) is 2.92. The van der Waals surface area contributed by atoms with Crippen molar-refractivity contribution in [1.29, 1.82) is 0 Å². The molecule has 0 unspecified atom stereocenters. The van der Waals surface area contributed by atoms with Crippen LogP contribution in [0, 0.1) is 17.8 Å². The molecule has 3 nitrogen and oxygen atoms in total. The Bertz CT molecular complexity index is 1050. The summed E-state index contributed by atoms with van der Waals surface area (Å²) in [6.07, 6.45) is 11.2. The molecule has 1 N–H and O–H groups in total. The summed E-state index contributed by atoms with van der Waals surface area (Å²) < 4.78 is 0. The van der Waals surface area contributed by atoms with Gasteiger partial charge in [-0.3, -0.25) is 9.78 Å². The summed E-state index contributed by atoms with van der Waals surface area (Å²) in [5.41, 5.74) is 6.98. The van der Waals surface area contributed by atoms with Gasteiger partial charge in [0.05, 0.1) is 5.69 Å². The number of Topliss-reactive ketones (excluding diaryl/α,β-unsaturated/α-hetero) is 1. The molecule has 0 aliphatic heterocycles. The smallest absolute Gasteiger partial charge is 0.165 e. The number of aromatic amines is 1. The SMILES string of the molecule is C#Cc1cccc(Cc2c(-c3ccncc3)[nH]c3c2C(=O)CC(C)(C)C3)c1. The van der Waals surface area contributed by atoms with Crippen LogP contribution in [0.15, 0.2) is 48.8 Å². The van der Waals surface area contributed by atoms with E-state index in [1.165, 1.54) is 0 Å². The first kappa shape index (κ1) is 17.3. The minimum Gasteiger partial charge on any atom is -0.358 e. The van der Waals surface area contributed by atoms with Crippen molar-refractivity contribution in [3.8, 4) is 23.6 Å². The quantitative estimate of drug-likeness (QED) is 0.687. The Kier molecular flexibility index (Phi) is 4.20. The number of rotatable bonds is 3. The molecule has 2 heterocycles. The fraction of sp³-hybridized carbons (Fsp3) is 0.250. The van der Waals surface area contributed by atoms with Crippen LogP contribution in [0.4, 0.5) is 0 Å². The van der Waals surface area contributed by atoms with E-state index in [0.717, 1.165) is 45.6 Å². The molecular weight excluding hydrogens is 332 g/mol. The van der Waals surface area contributed by atoms with Gasteiger partial charge in [0.25, 0.3) is 0 Å². The lowest BCUT2D eigenvalue weighted by Crippen LogP contribution is -2.27. The number of carbonyl (C=O) groups excluding carboxylic acids is 1. The van der Waals surface area contributed by atoms with E-state index in [4.69, 9.17) is 6.42 Å². The topological polar surface area (TPSA) is 45.8 Å². The number of H-pyrrole nitrogens is 1. The molecule has 1 aliphatic rings. The molecule has 134 valence electrons. The van der Waals surface area contributed by atoms with Gasteiger partial charge in [-0.2, -0.15) is 0 Å². The van der Waals surface area contributed by atoms with E-state index in [1.54, 1.807) is 12.4 Å². The van der Waals surface area contributed by atoms with E-state index in [1.807, 2.05) is 30.3 Å². The van der Waals surface area contributed by atoms with Crippen LogP contribution in [0.25, 0.3) is 11.3 Å². The molecule has 0 atom stereocenters. The zero-order valence-corrected chi connectivity index (χ0v) is 15.7. The number of nitrogens with zero attached hydrogens (tertiary/aromatic N) is 1. The first-order valence-electron chi connectivity index (χ1n) is 9.20. The first-order valence-corrected chi connectivity index (χ1v) is 9.20. The number of fused-ring (bicyclic) bond motifs is 1. The summed E-state index contributed by atoms with van der Waals surface area (Å²) in [7, 11) is 0. The van der Waals surface area contributed by atoms with Gasteiger partial charge in [-0.15, -0.1) is 6.42 Å². The third-order valence-corrected chi connectivity index (χ3v) is 5.20. The van der Waals surface area contributed by atoms with Gasteiger partial charge in [0.1, 0.15) is 0 Å². The van der Waals surface area contributed by atoms with Gasteiger partial charge in [0.15, 0.2) is 5.78 Å². The molecule has 4 rings (SSSR count). The summed E-state index contributed by atoms with van der Waals surface area (Å²) >= 11 is 0. The van der Waals surface area contributed by atoms with Crippen molar-refractivity contribution in [1.82, 2.24) is 9.97 Å². The zero-order chi connectivity index (χ0) is 19.0. The Morgan fingerprint density at radius 3 is 2.70 bits per heavy atom. The van der Waals surface area contributed by atoms with Crippen molar-refractivity contribution >= 4 is 5.78 Å². The maximum atomic E-state index is 13.0. The molecule has 0 saturated carbocycles. The lowest BCUT2D eigenvalue weighted by molar-refractivity contribution is 0.0911. The van der Waals surface area contributed by atoms with Crippen molar-refractivity contribution in [2.24, 2.45) is 5.41 Å². The fourth-order valence-electron chi connectivity index (χ4n) is 4.05. The molecule has 0 saturated heterocycles. The van der Waals surface area contributed by atoms with E-state index in [0.29, 0.717) is 12.8 Å². The van der Waals surface area contributed by atoms with Crippen LogP contribution in [-0.4, -0.2) is 15.8 Å². The predicted octanol–water partition coefficient (Wildman–Crippen LogP) is 4.80. The second kappa shape index (κ2) is 6.55. The van der Waals surface area contributed by atoms with Crippen molar-refractivity contribution in [3.05, 3.63) is 76.7 Å². The molecule has 2 aromatic heterocycles. The van der Waals surface area contributed by atoms with Gasteiger partial charge in [0.2, 0.25) is 0 Å². The van der Waals surface area contributed by atoms with Crippen LogP contribution < -0.4 is 0 Å². The lowest BCUT2D eigenvalue weighted by Gasteiger charge is -2.28. The number of hydrogen-bond acceptors (Lipinski definition) is 2. The fourth-order valence-corrected chi connectivity index (χ4v) is 4.05. The van der Waals surface area contributed by atoms with Crippen molar-refractivity contribution < 1.29 is 4.79 Å². The minimum atomic E-state index is -0.0227. The maximum Gasteiger partial charge on any atom is 0.165 e. The minimum absolute atomic E-state index is 0.0227. The highest BCUT2D eigenvalue weighted by Crippen LogP contribution is 2.40. The number of ketones is 1. The van der Waals surface area contributed by atoms with Crippen LogP contribution in [0.2, 0.25) is 0 Å². The number of benzene rings is 1. The van der Waals surface area contributed by atoms with Gasteiger partial charge >= 0.3 is 0 Å². The van der Waals surface area contributed by atoms with E-state index in [2.05, 4.69) is 35.8 Å². The molecular formula is C24H22N2O. The average Bonchev–Trinajstić information content (AvgIpc) is 2.99. The number of hydrogen-bond donors (Lipinski definition) is 1. The standard InChI is InChI=1S/C24H22N2O/c1-4-16-6-5-7-17(12-16)13-19-22-20(14-24(2,3)15-21(22)27)26-23(19)18-8-10-25-11-9-18/h1,5-12,26H,13-15H2,2-3H3. The molecule has 3 aromatic rings. The van der Waals surface area contributed by atoms with Crippen molar-refractivity contribution in [2.75, 3.05) is 0 Å². The van der Waals surface area contributed by atoms with Crippen LogP contribution in [0.5, 0.6) is 0 Å². The third kappa shape index (κ3) is 3.31. The van der Waals surface area contributed by atoms with Gasteiger partial charge in [-0.25, -0.2) is 0 Å². The molecule has 1 aliphatic carbocycles. The Morgan fingerprint density at radius 1 is 1.19 bits per heavy atom. The van der Waals surface area contributed by atoms with Gasteiger partial charge in [0, 0.05) is 47.6 Å². The molecule has 3 heteroatoms. The highest BCUT2D eigenvalue weighted by atomic mass is 16.1. The molecule has 0 fully saturated rings. The van der Waals surface area contributed by atoms with E-state index in [9.17, 15) is 4.79 Å². The second-order valence-corrected chi connectivity index (χ2v) is 8.03. The van der Waals surface area contributed by atoms with Crippen molar-refractivity contribution in [3.63, 3.8) is 0 Å². The van der Waals surface area contributed by atoms with E-state index >= 15 is 0 Å². The average molecular weight is 354 g/mol. The highest BCUT2D eigenvalue weighted by Gasteiger charge is 2.35. The number of terminal acetylenes is 1. The Labute approximate surface area is 159 Å². The zero-order valence-electron chi connectivity index (χ0n) is 15.7. The summed E-state index contributed by atoms with van der Waals surface area (Å²) in [4.78, 5) is 20.7. The first-order chi connectivity index (χ1) is 13.0. The van der Waals surface area contributed by atoms with Crippen LogP contribution in [-0.2, 0) is 12.8 Å². The maximum absolute atomic E-state index is 13.0. The van der Waals surface area contributed by atoms with Gasteiger partial charge < -0.3 is 4.98 Å². The largest absolute Gasteiger partial charge is 0.358 e. The summed E-state index contributed by atoms with van der Waals surface area (Å²) in [5, 5.41) is 0. The Morgan fingerprint density at radius 2 is 1.96 bits per heavy atom. The summed E-state index contributed by atoms with van der Waals surface area (Å²) in [6, 6.07) is 11.9. The molecule has 27 heavy (non-hydrogen) atoms. The number of nitrogens with one attached hydrogen (secondary N) is 1. The molecule has 0 bridgehead atoms. The molecule has 0 spiro atoms. The number of aromatic nitrogens is 2. The van der Waals surface area contributed by atoms with Crippen molar-refractivity contribution in [2.45, 2.75) is 33.1 Å². The normalized spacial score (nSPS) is 15.2.